The van der Waals surface area contributed by atoms with Crippen LogP contribution in [0.2, 0.25) is 0 Å². The topological polar surface area (TPSA) is 21.3 Å². The third-order valence-electron chi connectivity index (χ3n) is 3.55. The molecule has 1 aliphatic rings. The van der Waals surface area contributed by atoms with Gasteiger partial charge in [0.1, 0.15) is 0 Å². The fraction of sp³-hybridized carbons (Fsp3) is 0.600. The number of rotatable bonds is 3. The summed E-state index contributed by atoms with van der Waals surface area (Å²) in [7, 11) is 0. The van der Waals surface area contributed by atoms with Crippen LogP contribution in [0.1, 0.15) is 45.2 Å². The van der Waals surface area contributed by atoms with Crippen LogP contribution in [0.25, 0.3) is 0 Å². The molecular formula is C15H22BrNO. The summed E-state index contributed by atoms with van der Waals surface area (Å²) in [6.07, 6.45) is 2.17. The molecule has 0 radical (unpaired) electrons. The highest BCUT2D eigenvalue weighted by atomic mass is 79.9. The summed E-state index contributed by atoms with van der Waals surface area (Å²) < 4.78 is 6.93. The molecule has 1 N–H and O–H groups in total. The first-order valence-electron chi connectivity index (χ1n) is 6.62. The summed E-state index contributed by atoms with van der Waals surface area (Å²) in [4.78, 5) is 0. The van der Waals surface area contributed by atoms with E-state index in [0.717, 1.165) is 19.4 Å². The minimum atomic E-state index is 0.00353. The third kappa shape index (κ3) is 3.56. The average Bonchev–Trinajstić information content (AvgIpc) is 2.28. The Hall–Kier alpha value is -0.380. The summed E-state index contributed by atoms with van der Waals surface area (Å²) in [5.74, 6) is 0. The van der Waals surface area contributed by atoms with E-state index in [1.165, 1.54) is 10.0 Å². The van der Waals surface area contributed by atoms with Gasteiger partial charge in [0.15, 0.2) is 0 Å². The first kappa shape index (κ1) is 14.0. The molecule has 0 aromatic heterocycles. The number of benzene rings is 1. The molecule has 0 saturated carbocycles. The molecule has 2 atom stereocenters. The summed E-state index contributed by atoms with van der Waals surface area (Å²) in [5, 5.41) is 3.72. The van der Waals surface area contributed by atoms with Crippen LogP contribution in [-0.2, 0) is 4.74 Å². The minimum Gasteiger partial charge on any atom is -0.375 e. The molecule has 1 saturated heterocycles. The normalized spacial score (nSPS) is 24.8. The van der Waals surface area contributed by atoms with Crippen LogP contribution in [0, 0.1) is 0 Å². The number of hydrogen-bond acceptors (Lipinski definition) is 2. The Morgan fingerprint density at radius 3 is 2.78 bits per heavy atom. The molecule has 1 fully saturated rings. The van der Waals surface area contributed by atoms with Crippen LogP contribution < -0.4 is 5.32 Å². The Kier molecular flexibility index (Phi) is 4.46. The second kappa shape index (κ2) is 5.72. The molecule has 2 nitrogen and oxygen atoms in total. The van der Waals surface area contributed by atoms with Crippen molar-refractivity contribution in [2.24, 2.45) is 0 Å². The van der Waals surface area contributed by atoms with Crippen molar-refractivity contribution >= 4 is 15.9 Å². The van der Waals surface area contributed by atoms with Crippen molar-refractivity contribution in [3.8, 4) is 0 Å². The lowest BCUT2D eigenvalue weighted by Gasteiger charge is -2.37. The van der Waals surface area contributed by atoms with Gasteiger partial charge in [-0.1, -0.05) is 34.1 Å². The molecule has 1 heterocycles. The van der Waals surface area contributed by atoms with Crippen LogP contribution in [-0.4, -0.2) is 18.2 Å². The van der Waals surface area contributed by atoms with Gasteiger partial charge in [0.25, 0.3) is 0 Å². The standard InChI is InChI=1S/C15H22BrNO/c1-11(13-6-4-5-7-14(13)16)17-12-8-9-18-15(2,3)10-12/h4-7,11-12,17H,8-10H2,1-3H3. The van der Waals surface area contributed by atoms with Crippen molar-refractivity contribution < 1.29 is 4.74 Å². The largest absolute Gasteiger partial charge is 0.375 e. The van der Waals surface area contributed by atoms with Gasteiger partial charge in [-0.25, -0.2) is 0 Å². The van der Waals surface area contributed by atoms with Gasteiger partial charge in [-0.2, -0.15) is 0 Å². The SMILES string of the molecule is CC(NC1CCOC(C)(C)C1)c1ccccc1Br. The van der Waals surface area contributed by atoms with Gasteiger partial charge in [0.2, 0.25) is 0 Å². The van der Waals surface area contributed by atoms with Crippen LogP contribution >= 0.6 is 15.9 Å². The predicted octanol–water partition coefficient (Wildman–Crippen LogP) is 4.06. The van der Waals surface area contributed by atoms with Gasteiger partial charge < -0.3 is 10.1 Å². The van der Waals surface area contributed by atoms with E-state index in [4.69, 9.17) is 4.74 Å². The molecule has 18 heavy (non-hydrogen) atoms. The smallest absolute Gasteiger partial charge is 0.0641 e. The van der Waals surface area contributed by atoms with Crippen LogP contribution in [0.5, 0.6) is 0 Å². The van der Waals surface area contributed by atoms with Gasteiger partial charge in [-0.15, -0.1) is 0 Å². The highest BCUT2D eigenvalue weighted by Gasteiger charge is 2.29. The first-order chi connectivity index (χ1) is 8.48. The second-order valence-electron chi connectivity index (χ2n) is 5.71. The van der Waals surface area contributed by atoms with Gasteiger partial charge in [0, 0.05) is 23.2 Å². The maximum Gasteiger partial charge on any atom is 0.0641 e. The van der Waals surface area contributed by atoms with E-state index < -0.39 is 0 Å². The third-order valence-corrected chi connectivity index (χ3v) is 4.28. The minimum absolute atomic E-state index is 0.00353. The lowest BCUT2D eigenvalue weighted by Crippen LogP contribution is -2.44. The molecule has 1 aromatic rings. The van der Waals surface area contributed by atoms with E-state index >= 15 is 0 Å². The van der Waals surface area contributed by atoms with Gasteiger partial charge >= 0.3 is 0 Å². The quantitative estimate of drug-likeness (QED) is 0.909. The number of ether oxygens (including phenoxy) is 1. The average molecular weight is 312 g/mol. The van der Waals surface area contributed by atoms with E-state index in [9.17, 15) is 0 Å². The van der Waals surface area contributed by atoms with E-state index in [1.54, 1.807) is 0 Å². The Bertz CT molecular complexity index is 405. The van der Waals surface area contributed by atoms with E-state index in [1.807, 2.05) is 0 Å². The van der Waals surface area contributed by atoms with Crippen molar-refractivity contribution in [1.82, 2.24) is 5.32 Å². The van der Waals surface area contributed by atoms with Crippen molar-refractivity contribution in [3.63, 3.8) is 0 Å². The first-order valence-corrected chi connectivity index (χ1v) is 7.42. The molecule has 1 aromatic carbocycles. The molecule has 0 aliphatic carbocycles. The number of nitrogens with one attached hydrogen (secondary N) is 1. The summed E-state index contributed by atoms with van der Waals surface area (Å²) >= 11 is 3.62. The molecule has 0 bridgehead atoms. The summed E-state index contributed by atoms with van der Waals surface area (Å²) in [5.41, 5.74) is 1.32. The van der Waals surface area contributed by atoms with Gasteiger partial charge in [0.05, 0.1) is 5.60 Å². The van der Waals surface area contributed by atoms with E-state index in [-0.39, 0.29) is 5.60 Å². The number of halogens is 1. The highest BCUT2D eigenvalue weighted by Crippen LogP contribution is 2.28. The zero-order chi connectivity index (χ0) is 13.2. The Morgan fingerprint density at radius 1 is 1.39 bits per heavy atom. The summed E-state index contributed by atoms with van der Waals surface area (Å²) in [6.45, 7) is 7.42. The second-order valence-corrected chi connectivity index (χ2v) is 6.56. The Morgan fingerprint density at radius 2 is 2.11 bits per heavy atom. The van der Waals surface area contributed by atoms with Crippen LogP contribution in [0.3, 0.4) is 0 Å². The fourth-order valence-electron chi connectivity index (χ4n) is 2.64. The fourth-order valence-corrected chi connectivity index (χ4v) is 3.27. The molecule has 2 rings (SSSR count). The molecule has 0 amide bonds. The lowest BCUT2D eigenvalue weighted by molar-refractivity contribution is -0.0640. The summed E-state index contributed by atoms with van der Waals surface area (Å²) in [6, 6.07) is 9.31. The molecule has 100 valence electrons. The number of hydrogen-bond donors (Lipinski definition) is 1. The zero-order valence-corrected chi connectivity index (χ0v) is 13.0. The van der Waals surface area contributed by atoms with E-state index in [2.05, 4.69) is 66.3 Å². The van der Waals surface area contributed by atoms with Crippen molar-refractivity contribution in [1.29, 1.82) is 0 Å². The van der Waals surface area contributed by atoms with Crippen LogP contribution in [0.15, 0.2) is 28.7 Å². The maximum atomic E-state index is 5.76. The monoisotopic (exact) mass is 311 g/mol. The molecule has 3 heteroatoms. The zero-order valence-electron chi connectivity index (χ0n) is 11.4. The van der Waals surface area contributed by atoms with Gasteiger partial charge in [-0.3, -0.25) is 0 Å². The Labute approximate surface area is 118 Å². The molecule has 0 spiro atoms. The van der Waals surface area contributed by atoms with E-state index in [0.29, 0.717) is 12.1 Å². The van der Waals surface area contributed by atoms with Crippen molar-refractivity contribution in [2.75, 3.05) is 6.61 Å². The van der Waals surface area contributed by atoms with Crippen molar-refractivity contribution in [3.05, 3.63) is 34.3 Å². The maximum absolute atomic E-state index is 5.76. The lowest BCUT2D eigenvalue weighted by atomic mass is 9.93. The van der Waals surface area contributed by atoms with Crippen molar-refractivity contribution in [2.45, 2.75) is 51.3 Å². The van der Waals surface area contributed by atoms with Crippen LogP contribution in [0.4, 0.5) is 0 Å². The highest BCUT2D eigenvalue weighted by molar-refractivity contribution is 9.10. The molecular weight excluding hydrogens is 290 g/mol. The Balaban J connectivity index is 1.99. The predicted molar refractivity (Wildman–Crippen MR) is 78.7 cm³/mol. The van der Waals surface area contributed by atoms with Gasteiger partial charge in [-0.05, 0) is 45.2 Å². The molecule has 1 aliphatic heterocycles. The molecule has 2 unspecified atom stereocenters.